The Hall–Kier alpha value is -1.88. The minimum Gasteiger partial charge on any atom is -0.478 e. The molecule has 0 saturated heterocycles. The third-order valence-electron chi connectivity index (χ3n) is 2.93. The smallest absolute Gasteiger partial charge is 0.335 e. The number of rotatable bonds is 4. The fourth-order valence-electron chi connectivity index (χ4n) is 1.84. The van der Waals surface area contributed by atoms with Gasteiger partial charge in [0.15, 0.2) is 0 Å². The molecule has 0 aliphatic heterocycles. The summed E-state index contributed by atoms with van der Waals surface area (Å²) in [4.78, 5) is 15.3. The number of carboxylic acid groups (broad SMARTS) is 1. The van der Waals surface area contributed by atoms with Crippen LogP contribution in [0.15, 0.2) is 23.6 Å². The molecule has 2 aromatic rings. The van der Waals surface area contributed by atoms with Crippen molar-refractivity contribution >= 4 is 23.0 Å². The summed E-state index contributed by atoms with van der Waals surface area (Å²) in [6.07, 6.45) is 0. The van der Waals surface area contributed by atoms with E-state index in [2.05, 4.69) is 10.3 Å². The standard InChI is InChI=1S/C14H16N2O2S/c1-8-6-11(14(17)18)4-5-12(8)15-9(2)13-7-19-10(3)16-13/h4-7,9,15H,1-3H3,(H,17,18). The molecular formula is C14H16N2O2S. The molecule has 100 valence electrons. The van der Waals surface area contributed by atoms with Crippen molar-refractivity contribution in [2.45, 2.75) is 26.8 Å². The van der Waals surface area contributed by atoms with E-state index >= 15 is 0 Å². The van der Waals surface area contributed by atoms with Gasteiger partial charge in [-0.15, -0.1) is 11.3 Å². The molecule has 0 saturated carbocycles. The van der Waals surface area contributed by atoms with E-state index in [1.54, 1.807) is 29.5 Å². The molecule has 2 N–H and O–H groups in total. The molecule has 19 heavy (non-hydrogen) atoms. The zero-order valence-corrected chi connectivity index (χ0v) is 11.9. The zero-order valence-electron chi connectivity index (χ0n) is 11.1. The van der Waals surface area contributed by atoms with E-state index in [0.29, 0.717) is 5.56 Å². The van der Waals surface area contributed by atoms with Gasteiger partial charge in [0.2, 0.25) is 0 Å². The number of nitrogens with one attached hydrogen (secondary N) is 1. The van der Waals surface area contributed by atoms with E-state index in [1.807, 2.05) is 26.2 Å². The lowest BCUT2D eigenvalue weighted by molar-refractivity contribution is 0.0697. The van der Waals surface area contributed by atoms with E-state index in [4.69, 9.17) is 5.11 Å². The van der Waals surface area contributed by atoms with Gasteiger partial charge in [-0.2, -0.15) is 0 Å². The van der Waals surface area contributed by atoms with Crippen LogP contribution in [-0.2, 0) is 0 Å². The number of hydrogen-bond acceptors (Lipinski definition) is 4. The lowest BCUT2D eigenvalue weighted by Gasteiger charge is -2.15. The number of nitrogens with zero attached hydrogens (tertiary/aromatic N) is 1. The summed E-state index contributed by atoms with van der Waals surface area (Å²) in [7, 11) is 0. The third-order valence-corrected chi connectivity index (χ3v) is 3.72. The molecule has 4 nitrogen and oxygen atoms in total. The Morgan fingerprint density at radius 3 is 2.68 bits per heavy atom. The molecule has 1 unspecified atom stereocenters. The summed E-state index contributed by atoms with van der Waals surface area (Å²) in [5.41, 5.74) is 3.16. The second kappa shape index (κ2) is 5.40. The van der Waals surface area contributed by atoms with Crippen LogP contribution in [0.25, 0.3) is 0 Å². The average Bonchev–Trinajstić information content (AvgIpc) is 2.78. The molecule has 0 aliphatic carbocycles. The molecule has 5 heteroatoms. The number of thiazole rings is 1. The van der Waals surface area contributed by atoms with E-state index in [-0.39, 0.29) is 6.04 Å². The van der Waals surface area contributed by atoms with E-state index in [1.165, 1.54) is 0 Å². The highest BCUT2D eigenvalue weighted by Crippen LogP contribution is 2.24. The Bertz CT molecular complexity index is 607. The summed E-state index contributed by atoms with van der Waals surface area (Å²) in [5, 5.41) is 15.4. The van der Waals surface area contributed by atoms with Crippen LogP contribution in [0.5, 0.6) is 0 Å². The molecule has 1 atom stereocenters. The minimum absolute atomic E-state index is 0.0966. The number of aromatic nitrogens is 1. The van der Waals surface area contributed by atoms with Gasteiger partial charge < -0.3 is 10.4 Å². The monoisotopic (exact) mass is 276 g/mol. The van der Waals surface area contributed by atoms with Crippen LogP contribution in [0.2, 0.25) is 0 Å². The largest absolute Gasteiger partial charge is 0.478 e. The van der Waals surface area contributed by atoms with Gasteiger partial charge in [-0.25, -0.2) is 9.78 Å². The van der Waals surface area contributed by atoms with Crippen molar-refractivity contribution in [3.05, 3.63) is 45.4 Å². The Balaban J connectivity index is 2.17. The van der Waals surface area contributed by atoms with Crippen molar-refractivity contribution in [2.75, 3.05) is 5.32 Å². The zero-order chi connectivity index (χ0) is 14.0. The van der Waals surface area contributed by atoms with Crippen molar-refractivity contribution in [2.24, 2.45) is 0 Å². The molecule has 0 bridgehead atoms. The van der Waals surface area contributed by atoms with E-state index in [0.717, 1.165) is 22.0 Å². The molecule has 1 aromatic carbocycles. The SMILES string of the molecule is Cc1nc(C(C)Nc2ccc(C(=O)O)cc2C)cs1. The number of carbonyl (C=O) groups is 1. The van der Waals surface area contributed by atoms with Crippen LogP contribution in [0.3, 0.4) is 0 Å². The van der Waals surface area contributed by atoms with Gasteiger partial charge in [0.1, 0.15) is 0 Å². The summed E-state index contributed by atoms with van der Waals surface area (Å²) >= 11 is 1.63. The number of aromatic carboxylic acids is 1. The second-order valence-corrected chi connectivity index (χ2v) is 5.55. The first-order chi connectivity index (χ1) is 8.97. The fraction of sp³-hybridized carbons (Fsp3) is 0.286. The molecule has 0 radical (unpaired) electrons. The number of anilines is 1. The molecule has 0 fully saturated rings. The van der Waals surface area contributed by atoms with Crippen molar-refractivity contribution in [3.8, 4) is 0 Å². The predicted molar refractivity (Wildman–Crippen MR) is 77.0 cm³/mol. The first-order valence-electron chi connectivity index (χ1n) is 6.00. The number of aryl methyl sites for hydroxylation is 2. The van der Waals surface area contributed by atoms with E-state index in [9.17, 15) is 4.79 Å². The molecule has 0 amide bonds. The van der Waals surface area contributed by atoms with Crippen molar-refractivity contribution < 1.29 is 9.90 Å². The lowest BCUT2D eigenvalue weighted by Crippen LogP contribution is -2.08. The van der Waals surface area contributed by atoms with Crippen molar-refractivity contribution in [1.29, 1.82) is 0 Å². The Morgan fingerprint density at radius 2 is 2.16 bits per heavy atom. The van der Waals surface area contributed by atoms with Crippen molar-refractivity contribution in [3.63, 3.8) is 0 Å². The van der Waals surface area contributed by atoms with Gasteiger partial charge in [-0.3, -0.25) is 0 Å². The van der Waals surface area contributed by atoms with Crippen LogP contribution in [0.1, 0.15) is 39.6 Å². The molecular weight excluding hydrogens is 260 g/mol. The normalized spacial score (nSPS) is 12.2. The second-order valence-electron chi connectivity index (χ2n) is 4.49. The fourth-order valence-corrected chi connectivity index (χ4v) is 2.55. The van der Waals surface area contributed by atoms with Gasteiger partial charge >= 0.3 is 5.97 Å². The van der Waals surface area contributed by atoms with Crippen LogP contribution >= 0.6 is 11.3 Å². The maximum atomic E-state index is 10.9. The van der Waals surface area contributed by atoms with Crippen LogP contribution in [-0.4, -0.2) is 16.1 Å². The van der Waals surface area contributed by atoms with Gasteiger partial charge in [0.25, 0.3) is 0 Å². The summed E-state index contributed by atoms with van der Waals surface area (Å²) < 4.78 is 0. The van der Waals surface area contributed by atoms with Gasteiger partial charge in [0, 0.05) is 11.1 Å². The van der Waals surface area contributed by atoms with Gasteiger partial charge in [0.05, 0.1) is 22.3 Å². The van der Waals surface area contributed by atoms with Gasteiger partial charge in [-0.1, -0.05) is 0 Å². The van der Waals surface area contributed by atoms with Crippen LogP contribution in [0, 0.1) is 13.8 Å². The lowest BCUT2D eigenvalue weighted by atomic mass is 10.1. The maximum Gasteiger partial charge on any atom is 0.335 e. The maximum absolute atomic E-state index is 10.9. The van der Waals surface area contributed by atoms with Crippen molar-refractivity contribution in [1.82, 2.24) is 4.98 Å². The minimum atomic E-state index is -0.905. The average molecular weight is 276 g/mol. The Morgan fingerprint density at radius 1 is 1.42 bits per heavy atom. The van der Waals surface area contributed by atoms with Gasteiger partial charge in [-0.05, 0) is 44.5 Å². The summed E-state index contributed by atoms with van der Waals surface area (Å²) in [5.74, 6) is -0.905. The first kappa shape index (κ1) is 13.5. The molecule has 2 rings (SSSR count). The van der Waals surface area contributed by atoms with Crippen LogP contribution < -0.4 is 5.32 Å². The number of benzene rings is 1. The summed E-state index contributed by atoms with van der Waals surface area (Å²) in [6.45, 7) is 5.92. The highest BCUT2D eigenvalue weighted by Gasteiger charge is 2.11. The highest BCUT2D eigenvalue weighted by atomic mass is 32.1. The van der Waals surface area contributed by atoms with E-state index < -0.39 is 5.97 Å². The summed E-state index contributed by atoms with van der Waals surface area (Å²) in [6, 6.07) is 5.17. The highest BCUT2D eigenvalue weighted by molar-refractivity contribution is 7.09. The molecule has 1 heterocycles. The topological polar surface area (TPSA) is 62.2 Å². The third kappa shape index (κ3) is 3.12. The number of hydrogen-bond donors (Lipinski definition) is 2. The predicted octanol–water partition coefficient (Wildman–Crippen LogP) is 3.63. The molecule has 0 aliphatic rings. The quantitative estimate of drug-likeness (QED) is 0.895. The molecule has 1 aromatic heterocycles. The molecule has 0 spiro atoms. The number of carboxylic acids is 1. The first-order valence-corrected chi connectivity index (χ1v) is 6.88. The Kier molecular flexibility index (Phi) is 3.85. The Labute approximate surface area is 116 Å². The van der Waals surface area contributed by atoms with Crippen LogP contribution in [0.4, 0.5) is 5.69 Å².